The second kappa shape index (κ2) is 8.95. The SMILES string of the molecule is NCCOCCCOC=Cc1ccccc1. The average molecular weight is 221 g/mol. The summed E-state index contributed by atoms with van der Waals surface area (Å²) < 4.78 is 10.5. The Morgan fingerprint density at radius 2 is 1.88 bits per heavy atom. The normalized spacial score (nSPS) is 10.8. The van der Waals surface area contributed by atoms with Gasteiger partial charge in [0.25, 0.3) is 0 Å². The largest absolute Gasteiger partial charge is 0.501 e. The van der Waals surface area contributed by atoms with Gasteiger partial charge in [-0.25, -0.2) is 0 Å². The third-order valence-electron chi connectivity index (χ3n) is 1.97. The van der Waals surface area contributed by atoms with Gasteiger partial charge in [0.2, 0.25) is 0 Å². The van der Waals surface area contributed by atoms with Crippen LogP contribution in [-0.4, -0.2) is 26.4 Å². The van der Waals surface area contributed by atoms with Crippen molar-refractivity contribution in [2.24, 2.45) is 5.73 Å². The summed E-state index contributed by atoms with van der Waals surface area (Å²) in [6, 6.07) is 10.1. The van der Waals surface area contributed by atoms with Crippen LogP contribution in [0.5, 0.6) is 0 Å². The summed E-state index contributed by atoms with van der Waals surface area (Å²) >= 11 is 0. The smallest absolute Gasteiger partial charge is 0.0895 e. The van der Waals surface area contributed by atoms with E-state index in [1.165, 1.54) is 0 Å². The van der Waals surface area contributed by atoms with Crippen molar-refractivity contribution in [3.8, 4) is 0 Å². The third-order valence-corrected chi connectivity index (χ3v) is 1.97. The summed E-state index contributed by atoms with van der Waals surface area (Å²) in [5.41, 5.74) is 6.43. The third kappa shape index (κ3) is 6.22. The highest BCUT2D eigenvalue weighted by Crippen LogP contribution is 2.00. The number of hydrogen-bond acceptors (Lipinski definition) is 3. The van der Waals surface area contributed by atoms with E-state index in [0.717, 1.165) is 12.0 Å². The fourth-order valence-corrected chi connectivity index (χ4v) is 1.19. The highest BCUT2D eigenvalue weighted by atomic mass is 16.5. The lowest BCUT2D eigenvalue weighted by atomic mass is 10.2. The first-order chi connectivity index (χ1) is 7.93. The molecule has 0 aromatic heterocycles. The molecule has 16 heavy (non-hydrogen) atoms. The predicted octanol–water partition coefficient (Wildman–Crippen LogP) is 2.04. The Balaban J connectivity index is 2.01. The fraction of sp³-hybridized carbons (Fsp3) is 0.385. The molecular weight excluding hydrogens is 202 g/mol. The van der Waals surface area contributed by atoms with Crippen molar-refractivity contribution in [1.29, 1.82) is 0 Å². The first kappa shape index (κ1) is 12.7. The van der Waals surface area contributed by atoms with Crippen LogP contribution in [0.3, 0.4) is 0 Å². The topological polar surface area (TPSA) is 44.5 Å². The second-order valence-corrected chi connectivity index (χ2v) is 3.34. The molecule has 0 fully saturated rings. The van der Waals surface area contributed by atoms with Gasteiger partial charge in [0.15, 0.2) is 0 Å². The van der Waals surface area contributed by atoms with Crippen molar-refractivity contribution in [2.75, 3.05) is 26.4 Å². The minimum absolute atomic E-state index is 0.578. The molecule has 1 aromatic rings. The summed E-state index contributed by atoms with van der Waals surface area (Å²) in [4.78, 5) is 0. The molecule has 0 aliphatic rings. The van der Waals surface area contributed by atoms with Crippen molar-refractivity contribution in [3.05, 3.63) is 42.2 Å². The number of hydrogen-bond donors (Lipinski definition) is 1. The number of benzene rings is 1. The van der Waals surface area contributed by atoms with E-state index in [4.69, 9.17) is 15.2 Å². The van der Waals surface area contributed by atoms with Crippen LogP contribution in [0.2, 0.25) is 0 Å². The van der Waals surface area contributed by atoms with E-state index in [9.17, 15) is 0 Å². The fourth-order valence-electron chi connectivity index (χ4n) is 1.19. The Bertz CT molecular complexity index is 285. The Morgan fingerprint density at radius 1 is 1.06 bits per heavy atom. The maximum atomic E-state index is 5.33. The standard InChI is InChI=1S/C13H19NO2/c14-8-12-16-10-4-9-15-11-7-13-5-2-1-3-6-13/h1-3,5-7,11H,4,8-10,12,14H2. The first-order valence-electron chi connectivity index (χ1n) is 5.54. The lowest BCUT2D eigenvalue weighted by Crippen LogP contribution is -2.09. The second-order valence-electron chi connectivity index (χ2n) is 3.34. The Morgan fingerprint density at radius 3 is 2.62 bits per heavy atom. The van der Waals surface area contributed by atoms with E-state index in [1.54, 1.807) is 6.26 Å². The Kier molecular flexibility index (Phi) is 7.13. The molecule has 1 aromatic carbocycles. The van der Waals surface area contributed by atoms with Gasteiger partial charge >= 0.3 is 0 Å². The van der Waals surface area contributed by atoms with Gasteiger partial charge in [-0.2, -0.15) is 0 Å². The Hall–Kier alpha value is -1.32. The highest BCUT2D eigenvalue weighted by molar-refractivity contribution is 5.47. The molecule has 1 rings (SSSR count). The molecule has 0 aliphatic heterocycles. The molecule has 0 bridgehead atoms. The van der Waals surface area contributed by atoms with Crippen LogP contribution in [0.1, 0.15) is 12.0 Å². The van der Waals surface area contributed by atoms with Gasteiger partial charge in [-0.3, -0.25) is 0 Å². The molecule has 0 atom stereocenters. The zero-order chi connectivity index (χ0) is 11.5. The maximum Gasteiger partial charge on any atom is 0.0895 e. The monoisotopic (exact) mass is 221 g/mol. The van der Waals surface area contributed by atoms with E-state index >= 15 is 0 Å². The quantitative estimate of drug-likeness (QED) is 0.539. The van der Waals surface area contributed by atoms with E-state index in [0.29, 0.717) is 26.4 Å². The summed E-state index contributed by atoms with van der Waals surface area (Å²) in [6.07, 6.45) is 4.55. The van der Waals surface area contributed by atoms with Crippen LogP contribution in [0.15, 0.2) is 36.6 Å². The molecule has 88 valence electrons. The van der Waals surface area contributed by atoms with E-state index in [-0.39, 0.29) is 0 Å². The lowest BCUT2D eigenvalue weighted by Gasteiger charge is -2.02. The molecule has 3 heteroatoms. The number of ether oxygens (including phenoxy) is 2. The zero-order valence-electron chi connectivity index (χ0n) is 9.47. The molecule has 3 nitrogen and oxygen atoms in total. The molecule has 0 saturated heterocycles. The van der Waals surface area contributed by atoms with Crippen molar-refractivity contribution < 1.29 is 9.47 Å². The van der Waals surface area contributed by atoms with Crippen LogP contribution in [0, 0.1) is 0 Å². The van der Waals surface area contributed by atoms with Crippen LogP contribution in [0.25, 0.3) is 6.08 Å². The summed E-state index contributed by atoms with van der Waals surface area (Å²) in [7, 11) is 0. The maximum absolute atomic E-state index is 5.33. The first-order valence-corrected chi connectivity index (χ1v) is 5.54. The van der Waals surface area contributed by atoms with Crippen molar-refractivity contribution in [1.82, 2.24) is 0 Å². The van der Waals surface area contributed by atoms with Gasteiger partial charge < -0.3 is 15.2 Å². The molecule has 0 unspecified atom stereocenters. The Labute approximate surface area is 96.9 Å². The molecular formula is C13H19NO2. The average Bonchev–Trinajstić information content (AvgIpc) is 2.34. The molecule has 0 amide bonds. The molecule has 0 spiro atoms. The van der Waals surface area contributed by atoms with Crippen LogP contribution < -0.4 is 5.73 Å². The molecule has 0 saturated carbocycles. The number of rotatable bonds is 8. The molecule has 0 aliphatic carbocycles. The van der Waals surface area contributed by atoms with Crippen molar-refractivity contribution in [2.45, 2.75) is 6.42 Å². The minimum atomic E-state index is 0.578. The predicted molar refractivity (Wildman–Crippen MR) is 65.9 cm³/mol. The molecule has 0 radical (unpaired) electrons. The van der Waals surface area contributed by atoms with Crippen molar-refractivity contribution in [3.63, 3.8) is 0 Å². The van der Waals surface area contributed by atoms with Crippen LogP contribution >= 0.6 is 0 Å². The highest BCUT2D eigenvalue weighted by Gasteiger charge is 1.87. The van der Waals surface area contributed by atoms with Crippen molar-refractivity contribution >= 4 is 6.08 Å². The summed E-state index contributed by atoms with van der Waals surface area (Å²) in [6.45, 7) is 2.58. The van der Waals surface area contributed by atoms with Gasteiger partial charge in [-0.1, -0.05) is 30.3 Å². The number of nitrogens with two attached hydrogens (primary N) is 1. The van der Waals surface area contributed by atoms with E-state index in [2.05, 4.69) is 0 Å². The molecule has 2 N–H and O–H groups in total. The van der Waals surface area contributed by atoms with Gasteiger partial charge in [0, 0.05) is 19.6 Å². The minimum Gasteiger partial charge on any atom is -0.501 e. The van der Waals surface area contributed by atoms with E-state index in [1.807, 2.05) is 36.4 Å². The van der Waals surface area contributed by atoms with Gasteiger partial charge in [-0.15, -0.1) is 0 Å². The summed E-state index contributed by atoms with van der Waals surface area (Å²) in [5.74, 6) is 0. The lowest BCUT2D eigenvalue weighted by molar-refractivity contribution is 0.118. The van der Waals surface area contributed by atoms with Crippen LogP contribution in [-0.2, 0) is 9.47 Å². The van der Waals surface area contributed by atoms with Gasteiger partial charge in [-0.05, 0) is 11.6 Å². The van der Waals surface area contributed by atoms with E-state index < -0.39 is 0 Å². The van der Waals surface area contributed by atoms with Crippen LogP contribution in [0.4, 0.5) is 0 Å². The molecule has 0 heterocycles. The van der Waals surface area contributed by atoms with Gasteiger partial charge in [0.1, 0.15) is 0 Å². The van der Waals surface area contributed by atoms with Gasteiger partial charge in [0.05, 0.1) is 19.5 Å². The zero-order valence-corrected chi connectivity index (χ0v) is 9.47. The summed E-state index contributed by atoms with van der Waals surface area (Å²) in [5, 5.41) is 0.